The molecule has 0 radical (unpaired) electrons. The van der Waals surface area contributed by atoms with E-state index in [-0.39, 0.29) is 0 Å². The van der Waals surface area contributed by atoms with Crippen LogP contribution in [0.2, 0.25) is 0 Å². The van der Waals surface area contributed by atoms with Gasteiger partial charge >= 0.3 is 0 Å². The summed E-state index contributed by atoms with van der Waals surface area (Å²) in [7, 11) is 0. The molecule has 2 rings (SSSR count). The van der Waals surface area contributed by atoms with E-state index in [1.807, 2.05) is 0 Å². The molecule has 3 N–H and O–H groups in total. The number of nitrogens with two attached hydrogens (primary N) is 1. The fourth-order valence-electron chi connectivity index (χ4n) is 1.84. The van der Waals surface area contributed by atoms with Crippen molar-refractivity contribution in [2.75, 3.05) is 0 Å². The van der Waals surface area contributed by atoms with Gasteiger partial charge in [-0.25, -0.2) is 0 Å². The first-order valence-electron chi connectivity index (χ1n) is 4.74. The Balaban J connectivity index is 2.48. The summed E-state index contributed by atoms with van der Waals surface area (Å²) in [6.07, 6.45) is 0. The fraction of sp³-hybridized carbons (Fsp3) is 0.667. The molecule has 0 spiro atoms. The molecule has 1 aromatic rings. The summed E-state index contributed by atoms with van der Waals surface area (Å²) >= 11 is 0. The van der Waals surface area contributed by atoms with Crippen molar-refractivity contribution in [2.24, 2.45) is 5.73 Å². The Morgan fingerprint density at radius 1 is 1.54 bits per heavy atom. The van der Waals surface area contributed by atoms with E-state index in [9.17, 15) is 0 Å². The average molecular weight is 180 g/mol. The van der Waals surface area contributed by atoms with Crippen LogP contribution < -0.4 is 11.1 Å². The zero-order valence-electron chi connectivity index (χ0n) is 8.17. The van der Waals surface area contributed by atoms with Crippen molar-refractivity contribution in [3.63, 3.8) is 0 Å². The molecule has 0 unspecified atom stereocenters. The lowest BCUT2D eigenvalue weighted by Gasteiger charge is -2.08. The van der Waals surface area contributed by atoms with Crippen molar-refractivity contribution in [1.29, 1.82) is 0 Å². The highest BCUT2D eigenvalue weighted by Crippen LogP contribution is 2.22. The molecule has 0 aliphatic carbocycles. The molecule has 2 heterocycles. The molecular formula is C9H16N4. The second-order valence-electron chi connectivity index (χ2n) is 3.72. The zero-order valence-corrected chi connectivity index (χ0v) is 8.17. The van der Waals surface area contributed by atoms with E-state index >= 15 is 0 Å². The van der Waals surface area contributed by atoms with E-state index in [1.165, 1.54) is 11.3 Å². The van der Waals surface area contributed by atoms with Crippen LogP contribution in [0.15, 0.2) is 0 Å². The molecule has 1 aliphatic rings. The van der Waals surface area contributed by atoms with Crippen LogP contribution in [0.3, 0.4) is 0 Å². The first kappa shape index (κ1) is 8.72. The van der Waals surface area contributed by atoms with Crippen molar-refractivity contribution in [3.05, 3.63) is 17.0 Å². The van der Waals surface area contributed by atoms with Crippen LogP contribution in [0.25, 0.3) is 0 Å². The normalized spacial score (nSPS) is 15.4. The van der Waals surface area contributed by atoms with E-state index in [0.29, 0.717) is 12.6 Å². The molecule has 0 aromatic carbocycles. The largest absolute Gasteiger partial charge is 0.325 e. The molecule has 1 aliphatic heterocycles. The van der Waals surface area contributed by atoms with E-state index in [2.05, 4.69) is 28.9 Å². The minimum Gasteiger partial charge on any atom is -0.325 e. The van der Waals surface area contributed by atoms with Gasteiger partial charge in [-0.1, -0.05) is 0 Å². The van der Waals surface area contributed by atoms with Crippen LogP contribution in [0.5, 0.6) is 0 Å². The lowest BCUT2D eigenvalue weighted by molar-refractivity contribution is 0.499. The summed E-state index contributed by atoms with van der Waals surface area (Å²) in [6, 6.07) is 0.425. The van der Waals surface area contributed by atoms with Crippen LogP contribution in [-0.4, -0.2) is 9.78 Å². The first-order valence-corrected chi connectivity index (χ1v) is 4.74. The predicted octanol–water partition coefficient (Wildman–Crippen LogP) is 0.526. The summed E-state index contributed by atoms with van der Waals surface area (Å²) in [5, 5.41) is 7.82. The number of rotatable bonds is 2. The van der Waals surface area contributed by atoms with Crippen LogP contribution in [0, 0.1) is 0 Å². The van der Waals surface area contributed by atoms with Crippen LogP contribution >= 0.6 is 0 Å². The monoisotopic (exact) mass is 180 g/mol. The van der Waals surface area contributed by atoms with Gasteiger partial charge < -0.3 is 11.1 Å². The van der Waals surface area contributed by atoms with Crippen molar-refractivity contribution >= 4 is 0 Å². The van der Waals surface area contributed by atoms with Crippen LogP contribution in [0.4, 0.5) is 0 Å². The minimum absolute atomic E-state index is 0.425. The highest BCUT2D eigenvalue weighted by atomic mass is 15.3. The quantitative estimate of drug-likeness (QED) is 0.698. The number of hydrogen-bond acceptors (Lipinski definition) is 3. The molecule has 0 saturated carbocycles. The van der Waals surface area contributed by atoms with Crippen molar-refractivity contribution in [3.8, 4) is 0 Å². The Kier molecular flexibility index (Phi) is 2.09. The van der Waals surface area contributed by atoms with Crippen molar-refractivity contribution < 1.29 is 0 Å². The Morgan fingerprint density at radius 3 is 2.92 bits per heavy atom. The van der Waals surface area contributed by atoms with E-state index in [1.54, 1.807) is 0 Å². The number of nitrogens with one attached hydrogen (secondary N) is 1. The molecule has 13 heavy (non-hydrogen) atoms. The molecule has 0 saturated heterocycles. The van der Waals surface area contributed by atoms with Crippen LogP contribution in [-0.2, 0) is 19.6 Å². The topological polar surface area (TPSA) is 55.9 Å². The standard InChI is InChI=1S/C9H16N4/c1-6(2)13-9-5-11-4-7(9)8(3-10)12-13/h6,11H,3-5,10H2,1-2H3. The summed E-state index contributed by atoms with van der Waals surface area (Å²) in [6.45, 7) is 6.69. The molecular weight excluding hydrogens is 164 g/mol. The maximum Gasteiger partial charge on any atom is 0.0808 e. The number of hydrogen-bond donors (Lipinski definition) is 2. The van der Waals surface area contributed by atoms with Crippen molar-refractivity contribution in [2.45, 2.75) is 39.5 Å². The highest BCUT2D eigenvalue weighted by Gasteiger charge is 2.21. The lowest BCUT2D eigenvalue weighted by atomic mass is 10.2. The zero-order chi connectivity index (χ0) is 9.42. The number of fused-ring (bicyclic) bond motifs is 1. The van der Waals surface area contributed by atoms with Gasteiger partial charge in [0.25, 0.3) is 0 Å². The van der Waals surface area contributed by atoms with Gasteiger partial charge in [0.2, 0.25) is 0 Å². The molecule has 0 fully saturated rings. The third kappa shape index (κ3) is 1.26. The fourth-order valence-corrected chi connectivity index (χ4v) is 1.84. The molecule has 0 atom stereocenters. The SMILES string of the molecule is CC(C)n1nc(CN)c2c1CNC2. The minimum atomic E-state index is 0.425. The van der Waals surface area contributed by atoms with Crippen molar-refractivity contribution in [1.82, 2.24) is 15.1 Å². The Labute approximate surface area is 78.1 Å². The maximum atomic E-state index is 5.63. The Bertz CT molecular complexity index is 314. The Morgan fingerprint density at radius 2 is 2.31 bits per heavy atom. The third-order valence-electron chi connectivity index (χ3n) is 2.48. The summed E-state index contributed by atoms with van der Waals surface area (Å²) in [5.74, 6) is 0. The van der Waals surface area contributed by atoms with E-state index in [0.717, 1.165) is 18.8 Å². The lowest BCUT2D eigenvalue weighted by Crippen LogP contribution is -2.12. The summed E-state index contributed by atoms with van der Waals surface area (Å²) in [5.41, 5.74) is 9.31. The van der Waals surface area contributed by atoms with Gasteiger partial charge in [0.1, 0.15) is 0 Å². The third-order valence-corrected chi connectivity index (χ3v) is 2.48. The van der Waals surface area contributed by atoms with E-state index in [4.69, 9.17) is 5.73 Å². The molecule has 4 nitrogen and oxygen atoms in total. The van der Waals surface area contributed by atoms with Gasteiger partial charge in [-0.05, 0) is 13.8 Å². The second kappa shape index (κ2) is 3.12. The van der Waals surface area contributed by atoms with Gasteiger partial charge in [0, 0.05) is 31.2 Å². The van der Waals surface area contributed by atoms with Gasteiger partial charge in [-0.3, -0.25) is 4.68 Å². The van der Waals surface area contributed by atoms with Gasteiger partial charge in [-0.2, -0.15) is 5.10 Å². The number of aromatic nitrogens is 2. The average Bonchev–Trinajstić information content (AvgIpc) is 2.61. The summed E-state index contributed by atoms with van der Waals surface area (Å²) < 4.78 is 2.08. The van der Waals surface area contributed by atoms with Gasteiger partial charge in [0.05, 0.1) is 11.4 Å². The summed E-state index contributed by atoms with van der Waals surface area (Å²) in [4.78, 5) is 0. The van der Waals surface area contributed by atoms with Gasteiger partial charge in [0.15, 0.2) is 0 Å². The predicted molar refractivity (Wildman–Crippen MR) is 51.0 cm³/mol. The van der Waals surface area contributed by atoms with Crippen LogP contribution in [0.1, 0.15) is 36.8 Å². The first-order chi connectivity index (χ1) is 6.24. The number of nitrogens with zero attached hydrogens (tertiary/aromatic N) is 2. The van der Waals surface area contributed by atoms with E-state index < -0.39 is 0 Å². The molecule has 4 heteroatoms. The molecule has 0 amide bonds. The molecule has 72 valence electrons. The Hall–Kier alpha value is -0.870. The highest BCUT2D eigenvalue weighted by molar-refractivity contribution is 5.29. The molecule has 0 bridgehead atoms. The smallest absolute Gasteiger partial charge is 0.0808 e. The van der Waals surface area contributed by atoms with Gasteiger partial charge in [-0.15, -0.1) is 0 Å². The molecule has 1 aromatic heterocycles. The second-order valence-corrected chi connectivity index (χ2v) is 3.72. The maximum absolute atomic E-state index is 5.63.